The molecule has 0 N–H and O–H groups in total. The Kier molecular flexibility index (Phi) is 1.74. The largest absolute Gasteiger partial charge is 0.256 e. The SMILES string of the molecule is [CH2]c1ccnc2ccc(Cl)cc12. The van der Waals surface area contributed by atoms with Crippen LogP contribution < -0.4 is 0 Å². The van der Waals surface area contributed by atoms with Gasteiger partial charge in [0, 0.05) is 16.6 Å². The number of nitrogens with zero attached hydrogens (tertiary/aromatic N) is 1. The van der Waals surface area contributed by atoms with Gasteiger partial charge in [0.1, 0.15) is 0 Å². The molecular formula is C10H7ClN. The van der Waals surface area contributed by atoms with E-state index in [-0.39, 0.29) is 0 Å². The maximum absolute atomic E-state index is 5.84. The Morgan fingerprint density at radius 1 is 1.25 bits per heavy atom. The van der Waals surface area contributed by atoms with Gasteiger partial charge < -0.3 is 0 Å². The molecule has 1 aromatic heterocycles. The van der Waals surface area contributed by atoms with Gasteiger partial charge in [0.2, 0.25) is 0 Å². The van der Waals surface area contributed by atoms with E-state index in [1.54, 1.807) is 6.20 Å². The predicted molar refractivity (Wildman–Crippen MR) is 51.2 cm³/mol. The van der Waals surface area contributed by atoms with E-state index < -0.39 is 0 Å². The van der Waals surface area contributed by atoms with Crippen LogP contribution in [0.4, 0.5) is 0 Å². The lowest BCUT2D eigenvalue weighted by atomic mass is 10.1. The Balaban J connectivity index is 2.88. The lowest BCUT2D eigenvalue weighted by Crippen LogP contribution is -1.81. The highest BCUT2D eigenvalue weighted by Crippen LogP contribution is 2.19. The molecule has 2 aromatic rings. The summed E-state index contributed by atoms with van der Waals surface area (Å²) in [5, 5.41) is 1.74. The van der Waals surface area contributed by atoms with Crippen LogP contribution in [0.1, 0.15) is 5.56 Å². The van der Waals surface area contributed by atoms with E-state index in [4.69, 9.17) is 11.6 Å². The van der Waals surface area contributed by atoms with Crippen LogP contribution in [-0.4, -0.2) is 4.98 Å². The fourth-order valence-corrected chi connectivity index (χ4v) is 1.35. The van der Waals surface area contributed by atoms with E-state index in [1.807, 2.05) is 24.3 Å². The van der Waals surface area contributed by atoms with Crippen LogP contribution in [0.3, 0.4) is 0 Å². The van der Waals surface area contributed by atoms with Gasteiger partial charge in [-0.05, 0) is 36.8 Å². The normalized spacial score (nSPS) is 10.5. The fraction of sp³-hybridized carbons (Fsp3) is 0. The van der Waals surface area contributed by atoms with E-state index in [2.05, 4.69) is 11.9 Å². The van der Waals surface area contributed by atoms with Gasteiger partial charge in [-0.15, -0.1) is 0 Å². The smallest absolute Gasteiger partial charge is 0.0705 e. The molecule has 0 aliphatic rings. The number of fused-ring (bicyclic) bond motifs is 1. The number of pyridine rings is 1. The second kappa shape index (κ2) is 2.76. The maximum atomic E-state index is 5.84. The Morgan fingerprint density at radius 3 is 2.92 bits per heavy atom. The minimum atomic E-state index is 0.723. The van der Waals surface area contributed by atoms with Crippen LogP contribution in [0.25, 0.3) is 10.9 Å². The third-order valence-corrected chi connectivity index (χ3v) is 2.03. The van der Waals surface area contributed by atoms with Crippen molar-refractivity contribution in [2.75, 3.05) is 0 Å². The molecule has 2 heteroatoms. The highest BCUT2D eigenvalue weighted by Gasteiger charge is 1.97. The third kappa shape index (κ3) is 1.16. The topological polar surface area (TPSA) is 12.9 Å². The minimum Gasteiger partial charge on any atom is -0.256 e. The van der Waals surface area contributed by atoms with Gasteiger partial charge in [0.25, 0.3) is 0 Å². The van der Waals surface area contributed by atoms with Crippen LogP contribution in [0.15, 0.2) is 30.5 Å². The molecule has 0 saturated heterocycles. The number of hydrogen-bond donors (Lipinski definition) is 0. The number of aromatic nitrogens is 1. The van der Waals surface area contributed by atoms with Crippen LogP contribution >= 0.6 is 11.6 Å². The van der Waals surface area contributed by atoms with Gasteiger partial charge in [0.15, 0.2) is 0 Å². The van der Waals surface area contributed by atoms with Gasteiger partial charge >= 0.3 is 0 Å². The maximum Gasteiger partial charge on any atom is 0.0705 e. The average Bonchev–Trinajstić information content (AvgIpc) is 2.07. The van der Waals surface area contributed by atoms with Crippen molar-refractivity contribution in [2.24, 2.45) is 0 Å². The van der Waals surface area contributed by atoms with Crippen molar-refractivity contribution in [3.05, 3.63) is 48.0 Å². The van der Waals surface area contributed by atoms with E-state index in [0.717, 1.165) is 21.5 Å². The van der Waals surface area contributed by atoms with Gasteiger partial charge in [-0.25, -0.2) is 0 Å². The zero-order valence-corrected chi connectivity index (χ0v) is 7.17. The van der Waals surface area contributed by atoms with Crippen molar-refractivity contribution >= 4 is 22.5 Å². The average molecular weight is 177 g/mol. The predicted octanol–water partition coefficient (Wildman–Crippen LogP) is 3.07. The lowest BCUT2D eigenvalue weighted by Gasteiger charge is -1.99. The van der Waals surface area contributed by atoms with Crippen LogP contribution in [0.5, 0.6) is 0 Å². The molecule has 0 bridgehead atoms. The molecule has 1 radical (unpaired) electrons. The van der Waals surface area contributed by atoms with Gasteiger partial charge in [-0.3, -0.25) is 4.98 Å². The first kappa shape index (κ1) is 7.56. The van der Waals surface area contributed by atoms with Crippen LogP contribution in [0, 0.1) is 6.92 Å². The van der Waals surface area contributed by atoms with Crippen molar-refractivity contribution in [2.45, 2.75) is 0 Å². The molecule has 12 heavy (non-hydrogen) atoms. The highest BCUT2D eigenvalue weighted by molar-refractivity contribution is 6.31. The zero-order chi connectivity index (χ0) is 8.55. The third-order valence-electron chi connectivity index (χ3n) is 1.79. The molecule has 0 unspecified atom stereocenters. The first-order valence-electron chi connectivity index (χ1n) is 3.63. The van der Waals surface area contributed by atoms with Crippen molar-refractivity contribution in [1.82, 2.24) is 4.98 Å². The molecule has 0 saturated carbocycles. The summed E-state index contributed by atoms with van der Waals surface area (Å²) in [6.07, 6.45) is 1.75. The summed E-state index contributed by atoms with van der Waals surface area (Å²) >= 11 is 5.84. The summed E-state index contributed by atoms with van der Waals surface area (Å²) < 4.78 is 0. The molecule has 1 heterocycles. The molecule has 0 atom stereocenters. The Bertz CT molecular complexity index is 423. The van der Waals surface area contributed by atoms with E-state index >= 15 is 0 Å². The first-order valence-corrected chi connectivity index (χ1v) is 4.01. The number of benzene rings is 1. The molecule has 2 rings (SSSR count). The van der Waals surface area contributed by atoms with Crippen LogP contribution in [0.2, 0.25) is 5.02 Å². The van der Waals surface area contributed by atoms with E-state index in [9.17, 15) is 0 Å². The lowest BCUT2D eigenvalue weighted by molar-refractivity contribution is 1.40. The summed E-state index contributed by atoms with van der Waals surface area (Å²) in [5.74, 6) is 0. The van der Waals surface area contributed by atoms with Gasteiger partial charge in [-0.1, -0.05) is 11.6 Å². The van der Waals surface area contributed by atoms with Crippen molar-refractivity contribution in [3.63, 3.8) is 0 Å². The highest BCUT2D eigenvalue weighted by atomic mass is 35.5. The second-order valence-corrected chi connectivity index (χ2v) is 3.07. The molecule has 59 valence electrons. The molecular weight excluding hydrogens is 170 g/mol. The molecule has 1 nitrogen and oxygen atoms in total. The summed E-state index contributed by atoms with van der Waals surface area (Å²) in [7, 11) is 0. The Morgan fingerprint density at radius 2 is 2.08 bits per heavy atom. The summed E-state index contributed by atoms with van der Waals surface area (Å²) in [6, 6.07) is 7.48. The van der Waals surface area contributed by atoms with E-state index in [0.29, 0.717) is 0 Å². The van der Waals surface area contributed by atoms with Crippen molar-refractivity contribution in [3.8, 4) is 0 Å². The summed E-state index contributed by atoms with van der Waals surface area (Å²) in [6.45, 7) is 3.89. The fourth-order valence-electron chi connectivity index (χ4n) is 1.18. The molecule has 0 fully saturated rings. The second-order valence-electron chi connectivity index (χ2n) is 2.63. The molecule has 0 spiro atoms. The van der Waals surface area contributed by atoms with Gasteiger partial charge in [0.05, 0.1) is 5.52 Å². The minimum absolute atomic E-state index is 0.723. The monoisotopic (exact) mass is 176 g/mol. The molecule has 0 aliphatic heterocycles. The number of hydrogen-bond acceptors (Lipinski definition) is 1. The zero-order valence-electron chi connectivity index (χ0n) is 6.42. The number of halogens is 1. The quantitative estimate of drug-likeness (QED) is 0.601. The van der Waals surface area contributed by atoms with Crippen molar-refractivity contribution in [1.29, 1.82) is 0 Å². The standard InChI is InChI=1S/C10H7ClN/c1-7-4-5-12-10-3-2-8(11)6-9(7)10/h2-6H,1H2. The van der Waals surface area contributed by atoms with Gasteiger partial charge in [-0.2, -0.15) is 0 Å². The van der Waals surface area contributed by atoms with E-state index in [1.165, 1.54) is 0 Å². The first-order chi connectivity index (χ1) is 5.77. The Labute approximate surface area is 76.0 Å². The summed E-state index contributed by atoms with van der Waals surface area (Å²) in [5.41, 5.74) is 1.90. The Hall–Kier alpha value is -1.08. The molecule has 1 aromatic carbocycles. The van der Waals surface area contributed by atoms with Crippen LogP contribution in [-0.2, 0) is 0 Å². The summed E-state index contributed by atoms with van der Waals surface area (Å²) in [4.78, 5) is 4.18. The van der Waals surface area contributed by atoms with Crippen molar-refractivity contribution < 1.29 is 0 Å². The number of rotatable bonds is 0. The molecule has 0 aliphatic carbocycles. The molecule has 0 amide bonds.